The van der Waals surface area contributed by atoms with Crippen LogP contribution in [-0.4, -0.2) is 33.1 Å². The molecule has 0 aliphatic heterocycles. The normalized spacial score (nSPS) is 11.1. The fraction of sp³-hybridized carbons (Fsp3) is 0.400. The van der Waals surface area contributed by atoms with Crippen molar-refractivity contribution >= 4 is 33.9 Å². The molecule has 0 spiro atoms. The highest BCUT2D eigenvalue weighted by Crippen LogP contribution is 2.34. The molecule has 0 aromatic carbocycles. The summed E-state index contributed by atoms with van der Waals surface area (Å²) in [7, 11) is 0. The number of hydrogen-bond acceptors (Lipinski definition) is 6. The molecule has 8 nitrogen and oxygen atoms in total. The molecule has 1 amide bonds. The first-order valence-corrected chi connectivity index (χ1v) is 10.3. The largest absolute Gasteiger partial charge is 0.462 e. The molecule has 3 rings (SSSR count). The van der Waals surface area contributed by atoms with Gasteiger partial charge in [0, 0.05) is 27.9 Å². The van der Waals surface area contributed by atoms with Crippen molar-refractivity contribution in [3.8, 4) is 0 Å². The smallest absolute Gasteiger partial charge is 0.341 e. The molecule has 2 N–H and O–H groups in total. The number of esters is 1. The summed E-state index contributed by atoms with van der Waals surface area (Å²) in [5, 5.41) is 6.05. The van der Waals surface area contributed by atoms with Gasteiger partial charge in [0.15, 0.2) is 5.65 Å². The summed E-state index contributed by atoms with van der Waals surface area (Å²) in [5.41, 5.74) is 3.74. The van der Waals surface area contributed by atoms with Gasteiger partial charge in [-0.1, -0.05) is 6.92 Å². The third kappa shape index (κ3) is 3.95. The minimum Gasteiger partial charge on any atom is -0.462 e. The van der Waals surface area contributed by atoms with E-state index >= 15 is 0 Å². The number of H-pyrrole nitrogens is 1. The van der Waals surface area contributed by atoms with Crippen LogP contribution >= 0.6 is 11.3 Å². The molecule has 0 fully saturated rings. The summed E-state index contributed by atoms with van der Waals surface area (Å²) in [6.45, 7) is 9.55. The van der Waals surface area contributed by atoms with E-state index in [0.717, 1.165) is 21.7 Å². The summed E-state index contributed by atoms with van der Waals surface area (Å²) in [4.78, 5) is 42.2. The number of carbonyl (C=O) groups is 2. The van der Waals surface area contributed by atoms with Gasteiger partial charge in [-0.15, -0.1) is 11.3 Å². The Kier molecular flexibility index (Phi) is 5.88. The highest BCUT2D eigenvalue weighted by molar-refractivity contribution is 7.16. The zero-order chi connectivity index (χ0) is 21.3. The maximum atomic E-state index is 12.8. The van der Waals surface area contributed by atoms with E-state index in [2.05, 4.69) is 15.4 Å². The van der Waals surface area contributed by atoms with E-state index in [1.807, 2.05) is 27.7 Å². The molecule has 9 heteroatoms. The zero-order valence-electron chi connectivity index (χ0n) is 17.1. The molecule has 154 valence electrons. The molecule has 0 bridgehead atoms. The van der Waals surface area contributed by atoms with Gasteiger partial charge in [-0.05, 0) is 39.7 Å². The van der Waals surface area contributed by atoms with Gasteiger partial charge in [-0.25, -0.2) is 14.3 Å². The number of aromatic amines is 1. The number of ether oxygens (including phenoxy) is 1. The highest BCUT2D eigenvalue weighted by atomic mass is 32.1. The lowest BCUT2D eigenvalue weighted by Crippen LogP contribution is -2.19. The van der Waals surface area contributed by atoms with Crippen molar-refractivity contribution in [3.63, 3.8) is 0 Å². The van der Waals surface area contributed by atoms with Crippen molar-refractivity contribution in [2.45, 2.75) is 47.5 Å². The van der Waals surface area contributed by atoms with Crippen LogP contribution in [0.2, 0.25) is 0 Å². The minimum absolute atomic E-state index is 0.0709. The number of hydrogen-bond donors (Lipinski definition) is 2. The third-order valence-electron chi connectivity index (χ3n) is 4.83. The van der Waals surface area contributed by atoms with Crippen LogP contribution in [0.1, 0.15) is 51.6 Å². The van der Waals surface area contributed by atoms with Crippen LogP contribution in [0.4, 0.5) is 5.00 Å². The van der Waals surface area contributed by atoms with Gasteiger partial charge >= 0.3 is 5.97 Å². The molecule has 0 saturated carbocycles. The maximum absolute atomic E-state index is 12.8. The first kappa shape index (κ1) is 20.8. The number of carbonyl (C=O) groups excluding carboxylic acids is 2. The van der Waals surface area contributed by atoms with Crippen LogP contribution in [0, 0.1) is 20.8 Å². The molecular weight excluding hydrogens is 392 g/mol. The second-order valence-corrected chi connectivity index (χ2v) is 7.94. The lowest BCUT2D eigenvalue weighted by molar-refractivity contribution is -0.115. The number of thiophene rings is 1. The summed E-state index contributed by atoms with van der Waals surface area (Å²) in [6.07, 6.45) is 0.744. The fourth-order valence-electron chi connectivity index (χ4n) is 3.45. The van der Waals surface area contributed by atoms with Gasteiger partial charge in [0.05, 0.1) is 18.6 Å². The SMILES string of the molecule is CCOC(=O)c1c(NC(=O)Cc2c(C)nc3cc(=O)[nH]n3c2C)sc(C)c1CC. The van der Waals surface area contributed by atoms with Gasteiger partial charge in [0.25, 0.3) is 5.56 Å². The van der Waals surface area contributed by atoms with E-state index in [4.69, 9.17) is 4.74 Å². The Labute approximate surface area is 171 Å². The molecule has 0 saturated heterocycles. The monoisotopic (exact) mass is 416 g/mol. The standard InChI is InChI=1S/C20H24N4O4S/c1-6-13-12(5)29-19(18(13)20(27)28-7-2)22-16(25)8-14-10(3)21-15-9-17(26)23-24(15)11(14)4/h9H,6-8H2,1-5H3,(H,22,25)(H,23,26). The molecule has 0 aliphatic rings. The lowest BCUT2D eigenvalue weighted by atomic mass is 10.1. The number of anilines is 1. The van der Waals surface area contributed by atoms with Crippen molar-refractivity contribution < 1.29 is 14.3 Å². The van der Waals surface area contributed by atoms with E-state index in [0.29, 0.717) is 28.3 Å². The van der Waals surface area contributed by atoms with Crippen LogP contribution in [0.3, 0.4) is 0 Å². The van der Waals surface area contributed by atoms with Crippen molar-refractivity contribution in [1.82, 2.24) is 14.6 Å². The highest BCUT2D eigenvalue weighted by Gasteiger charge is 2.24. The van der Waals surface area contributed by atoms with Crippen LogP contribution in [-0.2, 0) is 22.4 Å². The summed E-state index contributed by atoms with van der Waals surface area (Å²) in [6, 6.07) is 1.41. The molecule has 3 aromatic rings. The Morgan fingerprint density at radius 1 is 1.24 bits per heavy atom. The number of amides is 1. The van der Waals surface area contributed by atoms with Gasteiger partial charge in [0.2, 0.25) is 5.91 Å². The Bertz CT molecular complexity index is 1160. The molecule has 3 aromatic heterocycles. The maximum Gasteiger partial charge on any atom is 0.341 e. The Morgan fingerprint density at radius 3 is 2.62 bits per heavy atom. The van der Waals surface area contributed by atoms with Crippen molar-refractivity contribution in [1.29, 1.82) is 0 Å². The van der Waals surface area contributed by atoms with Gasteiger partial charge in [0.1, 0.15) is 5.00 Å². The average molecular weight is 417 g/mol. The second kappa shape index (κ2) is 8.20. The Balaban J connectivity index is 1.91. The van der Waals surface area contributed by atoms with Crippen LogP contribution < -0.4 is 10.9 Å². The van der Waals surface area contributed by atoms with Crippen molar-refractivity contribution in [2.24, 2.45) is 0 Å². The minimum atomic E-state index is -0.427. The van der Waals surface area contributed by atoms with Gasteiger partial charge in [-0.3, -0.25) is 14.7 Å². The van der Waals surface area contributed by atoms with E-state index in [1.54, 1.807) is 11.4 Å². The van der Waals surface area contributed by atoms with Crippen LogP contribution in [0.15, 0.2) is 10.9 Å². The topological polar surface area (TPSA) is 106 Å². The average Bonchev–Trinajstić information content (AvgIpc) is 3.17. The fourth-order valence-corrected chi connectivity index (χ4v) is 4.60. The lowest BCUT2D eigenvalue weighted by Gasteiger charge is -2.12. The van der Waals surface area contributed by atoms with Crippen LogP contribution in [0.5, 0.6) is 0 Å². The summed E-state index contributed by atoms with van der Waals surface area (Å²) >= 11 is 1.37. The second-order valence-electron chi connectivity index (χ2n) is 6.72. The number of aryl methyl sites for hydroxylation is 3. The molecular formula is C20H24N4O4S. The number of nitrogens with zero attached hydrogens (tertiary/aromatic N) is 2. The molecule has 0 unspecified atom stereocenters. The summed E-state index contributed by atoms with van der Waals surface area (Å²) < 4.78 is 6.76. The number of fused-ring (bicyclic) bond motifs is 1. The molecule has 0 aliphatic carbocycles. The summed E-state index contributed by atoms with van der Waals surface area (Å²) in [5.74, 6) is -0.689. The molecule has 0 atom stereocenters. The Morgan fingerprint density at radius 2 is 1.97 bits per heavy atom. The first-order valence-electron chi connectivity index (χ1n) is 9.43. The predicted octanol–water partition coefficient (Wildman–Crippen LogP) is 2.93. The zero-order valence-corrected chi connectivity index (χ0v) is 18.0. The van der Waals surface area contributed by atoms with Gasteiger partial charge in [-0.2, -0.15) is 0 Å². The molecule has 3 heterocycles. The third-order valence-corrected chi connectivity index (χ3v) is 5.90. The van der Waals surface area contributed by atoms with E-state index < -0.39 is 5.97 Å². The number of nitrogens with one attached hydrogen (secondary N) is 2. The molecule has 29 heavy (non-hydrogen) atoms. The number of aromatic nitrogens is 3. The van der Waals surface area contributed by atoms with Crippen molar-refractivity contribution in [2.75, 3.05) is 11.9 Å². The van der Waals surface area contributed by atoms with Gasteiger partial charge < -0.3 is 10.1 Å². The van der Waals surface area contributed by atoms with Crippen LogP contribution in [0.25, 0.3) is 5.65 Å². The number of rotatable bonds is 6. The van der Waals surface area contributed by atoms with E-state index in [1.165, 1.54) is 17.4 Å². The van der Waals surface area contributed by atoms with E-state index in [-0.39, 0.29) is 24.5 Å². The predicted molar refractivity (Wildman–Crippen MR) is 112 cm³/mol. The van der Waals surface area contributed by atoms with E-state index in [9.17, 15) is 14.4 Å². The van der Waals surface area contributed by atoms with Crippen molar-refractivity contribution in [3.05, 3.63) is 49.4 Å². The quantitative estimate of drug-likeness (QED) is 0.601. The molecule has 0 radical (unpaired) electrons. The Hall–Kier alpha value is -2.94. The first-order chi connectivity index (χ1) is 13.8.